The Bertz CT molecular complexity index is 1040. The summed E-state index contributed by atoms with van der Waals surface area (Å²) in [4.78, 5) is 12.7. The van der Waals surface area contributed by atoms with E-state index in [2.05, 4.69) is 10.4 Å². The standard InChI is InChI=1S/C19H21N3O4S/c1-12-9-15(22-7-5-16(21-22)13-3-4-13)10-17(26-2)18(12)19(23)20-14-6-8-27(24,25)11-14/h5-10,13-14H,3-4,11H2,1-2H3,(H,20,23)/t14-/m0/s1. The molecule has 142 valence electrons. The lowest BCUT2D eigenvalue weighted by molar-refractivity contribution is 0.0944. The van der Waals surface area contributed by atoms with Crippen LogP contribution in [0.4, 0.5) is 0 Å². The number of amides is 1. The highest BCUT2D eigenvalue weighted by molar-refractivity contribution is 7.94. The molecule has 4 rings (SSSR count). The van der Waals surface area contributed by atoms with Crippen LogP contribution in [-0.2, 0) is 9.84 Å². The quantitative estimate of drug-likeness (QED) is 0.849. The molecule has 1 N–H and O–H groups in total. The molecule has 1 saturated carbocycles. The maximum Gasteiger partial charge on any atom is 0.255 e. The number of methoxy groups -OCH3 is 1. The van der Waals surface area contributed by atoms with Crippen molar-refractivity contribution >= 4 is 15.7 Å². The first-order valence-electron chi connectivity index (χ1n) is 8.83. The Labute approximate surface area is 157 Å². The first-order chi connectivity index (χ1) is 12.9. The molecule has 1 amide bonds. The third kappa shape index (κ3) is 3.62. The third-order valence-corrected chi connectivity index (χ3v) is 6.24. The SMILES string of the molecule is COc1cc(-n2ccc(C3CC3)n2)cc(C)c1C(=O)N[C@H]1C=CS(=O)(=O)C1. The van der Waals surface area contributed by atoms with E-state index in [0.717, 1.165) is 22.4 Å². The highest BCUT2D eigenvalue weighted by Crippen LogP contribution is 2.39. The van der Waals surface area contributed by atoms with Crippen molar-refractivity contribution in [3.05, 3.63) is 52.7 Å². The lowest BCUT2D eigenvalue weighted by Gasteiger charge is -2.16. The molecule has 0 bridgehead atoms. The Hall–Kier alpha value is -2.61. The molecule has 2 heterocycles. The van der Waals surface area contributed by atoms with E-state index in [0.29, 0.717) is 17.2 Å². The number of hydrogen-bond donors (Lipinski definition) is 1. The maximum atomic E-state index is 12.7. The zero-order valence-electron chi connectivity index (χ0n) is 15.2. The average molecular weight is 387 g/mol. The minimum Gasteiger partial charge on any atom is -0.496 e. The monoisotopic (exact) mass is 387 g/mol. The summed E-state index contributed by atoms with van der Waals surface area (Å²) in [6, 6.07) is 5.14. The van der Waals surface area contributed by atoms with Gasteiger partial charge in [0.15, 0.2) is 9.84 Å². The molecule has 2 aromatic rings. The van der Waals surface area contributed by atoms with Gasteiger partial charge >= 0.3 is 0 Å². The largest absolute Gasteiger partial charge is 0.496 e. The van der Waals surface area contributed by atoms with Gasteiger partial charge in [-0.3, -0.25) is 4.79 Å². The summed E-state index contributed by atoms with van der Waals surface area (Å²) in [6.45, 7) is 1.83. The number of hydrogen-bond acceptors (Lipinski definition) is 5. The van der Waals surface area contributed by atoms with Gasteiger partial charge in [0.05, 0.1) is 35.8 Å². The number of nitrogens with zero attached hydrogens (tertiary/aromatic N) is 2. The van der Waals surface area contributed by atoms with E-state index >= 15 is 0 Å². The van der Waals surface area contributed by atoms with Crippen molar-refractivity contribution in [2.45, 2.75) is 31.7 Å². The predicted octanol–water partition coefficient (Wildman–Crippen LogP) is 2.11. The van der Waals surface area contributed by atoms with Crippen molar-refractivity contribution in [1.82, 2.24) is 15.1 Å². The summed E-state index contributed by atoms with van der Waals surface area (Å²) in [6.07, 6.45) is 5.77. The molecule has 27 heavy (non-hydrogen) atoms. The number of sulfone groups is 1. The highest BCUT2D eigenvalue weighted by atomic mass is 32.2. The van der Waals surface area contributed by atoms with Gasteiger partial charge in [0.2, 0.25) is 0 Å². The van der Waals surface area contributed by atoms with Crippen molar-refractivity contribution < 1.29 is 17.9 Å². The van der Waals surface area contributed by atoms with Gasteiger partial charge in [-0.05, 0) is 43.5 Å². The van der Waals surface area contributed by atoms with Crippen LogP contribution in [0.15, 0.2) is 35.9 Å². The number of carbonyl (C=O) groups is 1. The summed E-state index contributed by atoms with van der Waals surface area (Å²) in [5.74, 6) is 0.516. The first-order valence-corrected chi connectivity index (χ1v) is 10.5. The van der Waals surface area contributed by atoms with Crippen molar-refractivity contribution in [1.29, 1.82) is 0 Å². The van der Waals surface area contributed by atoms with Crippen LogP contribution in [-0.4, -0.2) is 43.0 Å². The highest BCUT2D eigenvalue weighted by Gasteiger charge is 2.27. The van der Waals surface area contributed by atoms with Crippen LogP contribution in [0.3, 0.4) is 0 Å². The minimum absolute atomic E-state index is 0.116. The van der Waals surface area contributed by atoms with Crippen molar-refractivity contribution in [3.8, 4) is 11.4 Å². The Morgan fingerprint density at radius 1 is 1.33 bits per heavy atom. The molecular formula is C19H21N3O4S. The molecule has 1 aliphatic heterocycles. The molecule has 2 aliphatic rings. The van der Waals surface area contributed by atoms with E-state index in [1.165, 1.54) is 26.0 Å². The Morgan fingerprint density at radius 3 is 2.74 bits per heavy atom. The fourth-order valence-electron chi connectivity index (χ4n) is 3.31. The first kappa shape index (κ1) is 17.8. The molecule has 0 saturated heterocycles. The van der Waals surface area contributed by atoms with Gasteiger partial charge in [0.1, 0.15) is 5.75 Å². The summed E-state index contributed by atoms with van der Waals surface area (Å²) in [5, 5.41) is 8.50. The predicted molar refractivity (Wildman–Crippen MR) is 101 cm³/mol. The molecule has 0 radical (unpaired) electrons. The molecule has 7 nitrogen and oxygen atoms in total. The van der Waals surface area contributed by atoms with E-state index < -0.39 is 15.9 Å². The number of carbonyl (C=O) groups excluding carboxylic acids is 1. The number of benzene rings is 1. The fraction of sp³-hybridized carbons (Fsp3) is 0.368. The molecule has 1 aromatic heterocycles. The van der Waals surface area contributed by atoms with E-state index in [1.807, 2.05) is 25.3 Å². The van der Waals surface area contributed by atoms with E-state index in [-0.39, 0.29) is 11.7 Å². The molecule has 1 aromatic carbocycles. The van der Waals surface area contributed by atoms with Crippen molar-refractivity contribution in [2.75, 3.05) is 12.9 Å². The Kier molecular flexibility index (Phi) is 4.30. The molecule has 1 fully saturated rings. The maximum absolute atomic E-state index is 12.7. The van der Waals surface area contributed by atoms with Crippen LogP contribution in [0, 0.1) is 6.92 Å². The number of rotatable bonds is 5. The van der Waals surface area contributed by atoms with E-state index in [4.69, 9.17) is 4.74 Å². The average Bonchev–Trinajstić information content (AvgIpc) is 3.24. The summed E-state index contributed by atoms with van der Waals surface area (Å²) in [5.41, 5.74) is 3.03. The molecule has 1 aliphatic carbocycles. The van der Waals surface area contributed by atoms with Gasteiger partial charge < -0.3 is 10.1 Å². The van der Waals surface area contributed by atoms with Crippen LogP contribution in [0.5, 0.6) is 5.75 Å². The zero-order valence-corrected chi connectivity index (χ0v) is 16.0. The number of aryl methyl sites for hydroxylation is 1. The summed E-state index contributed by atoms with van der Waals surface area (Å²) in [7, 11) is -1.72. The fourth-order valence-corrected chi connectivity index (χ4v) is 4.54. The van der Waals surface area contributed by atoms with Gasteiger partial charge in [-0.1, -0.05) is 0 Å². The number of ether oxygens (including phenoxy) is 1. The third-order valence-electron chi connectivity index (χ3n) is 4.85. The second-order valence-electron chi connectivity index (χ2n) is 7.04. The number of aromatic nitrogens is 2. The van der Waals surface area contributed by atoms with Crippen molar-refractivity contribution in [2.24, 2.45) is 0 Å². The van der Waals surface area contributed by atoms with Crippen LogP contribution >= 0.6 is 0 Å². The van der Waals surface area contributed by atoms with Crippen molar-refractivity contribution in [3.63, 3.8) is 0 Å². The van der Waals surface area contributed by atoms with Crippen LogP contribution < -0.4 is 10.1 Å². The molecule has 1 atom stereocenters. The molecular weight excluding hydrogens is 366 g/mol. The van der Waals surface area contributed by atoms with Gasteiger partial charge in [0.25, 0.3) is 5.91 Å². The topological polar surface area (TPSA) is 90.3 Å². The molecule has 0 unspecified atom stereocenters. The van der Waals surface area contributed by atoms with Crippen LogP contribution in [0.1, 0.15) is 40.4 Å². The Balaban J connectivity index is 1.61. The molecule has 8 heteroatoms. The zero-order chi connectivity index (χ0) is 19.2. The summed E-state index contributed by atoms with van der Waals surface area (Å²) >= 11 is 0. The smallest absolute Gasteiger partial charge is 0.255 e. The second-order valence-corrected chi connectivity index (χ2v) is 8.97. The lowest BCUT2D eigenvalue weighted by Crippen LogP contribution is -2.36. The van der Waals surface area contributed by atoms with E-state index in [9.17, 15) is 13.2 Å². The van der Waals surface area contributed by atoms with Gasteiger partial charge in [-0.25, -0.2) is 13.1 Å². The second kappa shape index (κ2) is 6.53. The summed E-state index contributed by atoms with van der Waals surface area (Å²) < 4.78 is 30.3. The van der Waals surface area contributed by atoms with Gasteiger partial charge in [-0.15, -0.1) is 0 Å². The van der Waals surface area contributed by atoms with Crippen LogP contribution in [0.25, 0.3) is 5.69 Å². The van der Waals surface area contributed by atoms with Gasteiger partial charge in [0, 0.05) is 23.6 Å². The lowest BCUT2D eigenvalue weighted by atomic mass is 10.0. The number of nitrogens with one attached hydrogen (secondary N) is 1. The normalized spacial score (nSPS) is 20.6. The van der Waals surface area contributed by atoms with Gasteiger partial charge in [-0.2, -0.15) is 5.10 Å². The minimum atomic E-state index is -3.23. The Morgan fingerprint density at radius 2 is 2.11 bits per heavy atom. The van der Waals surface area contributed by atoms with E-state index in [1.54, 1.807) is 10.7 Å². The molecule has 0 spiro atoms. The van der Waals surface area contributed by atoms with Crippen LogP contribution in [0.2, 0.25) is 0 Å².